The molecule has 3 aromatic carbocycles. The van der Waals surface area contributed by atoms with Crippen LogP contribution in [0.5, 0.6) is 0 Å². The zero-order chi connectivity index (χ0) is 25.2. The Balaban J connectivity index is 1.31. The van der Waals surface area contributed by atoms with Gasteiger partial charge in [0.05, 0.1) is 16.5 Å². The van der Waals surface area contributed by atoms with Gasteiger partial charge in [-0.1, -0.05) is 54.1 Å². The largest absolute Gasteiger partial charge is 0.363 e. The number of piperazine rings is 1. The number of hydrogen-bond acceptors (Lipinski definition) is 6. The van der Waals surface area contributed by atoms with Gasteiger partial charge >= 0.3 is 0 Å². The maximum Gasteiger partial charge on any atom is 0.294 e. The van der Waals surface area contributed by atoms with E-state index in [4.69, 9.17) is 11.6 Å². The standard InChI is InChI=1S/C27H25ClN4O4/c28-21-8-6-19(7-9-21)18-29-12-14-30(15-13-29)24-11-10-22(16-25(24)32(35)36)31-26(33)17-23(27(31)34)20-4-2-1-3-5-20/h1-11,16,23H,12-15,17-18H2/t23-/m1/s1. The minimum Gasteiger partial charge on any atom is -0.363 e. The molecule has 5 rings (SSSR count). The van der Waals surface area contributed by atoms with Gasteiger partial charge in [0.2, 0.25) is 11.8 Å². The van der Waals surface area contributed by atoms with Crippen molar-refractivity contribution in [1.29, 1.82) is 0 Å². The number of imide groups is 1. The Labute approximate surface area is 213 Å². The molecule has 2 amide bonds. The summed E-state index contributed by atoms with van der Waals surface area (Å²) in [6, 6.07) is 21.5. The Morgan fingerprint density at radius 3 is 2.28 bits per heavy atom. The lowest BCUT2D eigenvalue weighted by Crippen LogP contribution is -2.46. The lowest BCUT2D eigenvalue weighted by molar-refractivity contribution is -0.384. The van der Waals surface area contributed by atoms with Crippen molar-refractivity contribution in [3.05, 3.63) is 99.1 Å². The molecule has 36 heavy (non-hydrogen) atoms. The number of rotatable bonds is 6. The fourth-order valence-corrected chi connectivity index (χ4v) is 5.03. The van der Waals surface area contributed by atoms with Crippen molar-refractivity contribution in [2.45, 2.75) is 18.9 Å². The van der Waals surface area contributed by atoms with E-state index in [2.05, 4.69) is 4.90 Å². The normalized spacial score (nSPS) is 18.6. The van der Waals surface area contributed by atoms with Crippen LogP contribution in [0, 0.1) is 10.1 Å². The van der Waals surface area contributed by atoms with Gasteiger partial charge in [-0.25, -0.2) is 4.90 Å². The van der Waals surface area contributed by atoms with E-state index in [1.54, 1.807) is 12.1 Å². The van der Waals surface area contributed by atoms with E-state index in [-0.39, 0.29) is 29.6 Å². The Morgan fingerprint density at radius 1 is 0.917 bits per heavy atom. The second-order valence-electron chi connectivity index (χ2n) is 9.05. The van der Waals surface area contributed by atoms with E-state index in [1.165, 1.54) is 6.07 Å². The summed E-state index contributed by atoms with van der Waals surface area (Å²) < 4.78 is 0. The van der Waals surface area contributed by atoms with Crippen LogP contribution < -0.4 is 9.80 Å². The lowest BCUT2D eigenvalue weighted by atomic mass is 9.98. The van der Waals surface area contributed by atoms with Crippen LogP contribution in [-0.4, -0.2) is 47.8 Å². The third-order valence-electron chi connectivity index (χ3n) is 6.79. The monoisotopic (exact) mass is 504 g/mol. The highest BCUT2D eigenvalue weighted by atomic mass is 35.5. The van der Waals surface area contributed by atoms with Crippen molar-refractivity contribution in [2.75, 3.05) is 36.0 Å². The number of benzene rings is 3. The van der Waals surface area contributed by atoms with Crippen molar-refractivity contribution < 1.29 is 14.5 Å². The van der Waals surface area contributed by atoms with E-state index in [0.29, 0.717) is 23.8 Å². The molecule has 0 radical (unpaired) electrons. The number of nitrogens with zero attached hydrogens (tertiary/aromatic N) is 4. The van der Waals surface area contributed by atoms with Crippen LogP contribution in [0.1, 0.15) is 23.5 Å². The summed E-state index contributed by atoms with van der Waals surface area (Å²) in [4.78, 5) is 42.8. The summed E-state index contributed by atoms with van der Waals surface area (Å²) in [5.74, 6) is -1.29. The summed E-state index contributed by atoms with van der Waals surface area (Å²) in [5, 5.41) is 12.7. The molecule has 2 aliphatic heterocycles. The van der Waals surface area contributed by atoms with Crippen LogP contribution in [-0.2, 0) is 16.1 Å². The average Bonchev–Trinajstić information content (AvgIpc) is 3.19. The first-order chi connectivity index (χ1) is 17.4. The highest BCUT2D eigenvalue weighted by Gasteiger charge is 2.41. The summed E-state index contributed by atoms with van der Waals surface area (Å²) in [5.41, 5.74) is 2.55. The molecular weight excluding hydrogens is 480 g/mol. The molecule has 2 heterocycles. The number of hydrogen-bond donors (Lipinski definition) is 0. The quantitative estimate of drug-likeness (QED) is 0.276. The fraction of sp³-hybridized carbons (Fsp3) is 0.259. The predicted octanol–water partition coefficient (Wildman–Crippen LogP) is 4.62. The Kier molecular flexibility index (Phi) is 6.71. The smallest absolute Gasteiger partial charge is 0.294 e. The van der Waals surface area contributed by atoms with Crippen molar-refractivity contribution >= 4 is 40.5 Å². The van der Waals surface area contributed by atoms with Crippen LogP contribution in [0.2, 0.25) is 5.02 Å². The third kappa shape index (κ3) is 4.82. The first-order valence-corrected chi connectivity index (χ1v) is 12.2. The van der Waals surface area contributed by atoms with Crippen molar-refractivity contribution in [2.24, 2.45) is 0 Å². The van der Waals surface area contributed by atoms with Gasteiger partial charge in [-0.15, -0.1) is 0 Å². The first-order valence-electron chi connectivity index (χ1n) is 11.8. The molecule has 0 saturated carbocycles. The molecule has 0 spiro atoms. The van der Waals surface area contributed by atoms with Crippen molar-refractivity contribution in [1.82, 2.24) is 4.90 Å². The van der Waals surface area contributed by atoms with Gasteiger partial charge in [0.25, 0.3) is 5.69 Å². The summed E-state index contributed by atoms with van der Waals surface area (Å²) >= 11 is 5.97. The minimum absolute atomic E-state index is 0.0496. The van der Waals surface area contributed by atoms with Gasteiger partial charge in [-0.2, -0.15) is 0 Å². The van der Waals surface area contributed by atoms with Gasteiger partial charge in [0.1, 0.15) is 5.69 Å². The molecule has 0 unspecified atom stereocenters. The second-order valence-corrected chi connectivity index (χ2v) is 9.49. The highest BCUT2D eigenvalue weighted by Crippen LogP contribution is 2.38. The van der Waals surface area contributed by atoms with Crippen LogP contribution in [0.25, 0.3) is 0 Å². The summed E-state index contributed by atoms with van der Waals surface area (Å²) in [6.07, 6.45) is 0.0496. The molecule has 8 nitrogen and oxygen atoms in total. The zero-order valence-electron chi connectivity index (χ0n) is 19.5. The number of halogens is 1. The highest BCUT2D eigenvalue weighted by molar-refractivity contribution is 6.30. The van der Waals surface area contributed by atoms with Gasteiger partial charge in [-0.05, 0) is 35.4 Å². The number of carbonyl (C=O) groups excluding carboxylic acids is 2. The molecule has 9 heteroatoms. The Hall–Kier alpha value is -3.75. The Morgan fingerprint density at radius 2 is 1.61 bits per heavy atom. The summed E-state index contributed by atoms with van der Waals surface area (Å²) in [7, 11) is 0. The van der Waals surface area contributed by atoms with Gasteiger partial charge < -0.3 is 4.90 Å². The molecule has 3 aromatic rings. The SMILES string of the molecule is O=C1C[C@H](c2ccccc2)C(=O)N1c1ccc(N2CCN(Cc3ccc(Cl)cc3)CC2)c([N+](=O)[O-])c1. The second kappa shape index (κ2) is 10.1. The molecule has 0 aliphatic carbocycles. The molecule has 1 atom stereocenters. The van der Waals surface area contributed by atoms with Gasteiger partial charge in [-0.3, -0.25) is 24.6 Å². The van der Waals surface area contributed by atoms with Crippen molar-refractivity contribution in [3.63, 3.8) is 0 Å². The molecule has 0 N–H and O–H groups in total. The van der Waals surface area contributed by atoms with Gasteiger partial charge in [0, 0.05) is 50.2 Å². The number of nitro benzene ring substituents is 1. The van der Waals surface area contributed by atoms with Crippen LogP contribution in [0.3, 0.4) is 0 Å². The van der Waals surface area contributed by atoms with Crippen LogP contribution in [0.15, 0.2) is 72.8 Å². The molecule has 0 aromatic heterocycles. The molecule has 0 bridgehead atoms. The number of carbonyl (C=O) groups is 2. The third-order valence-corrected chi connectivity index (χ3v) is 7.05. The van der Waals surface area contributed by atoms with E-state index in [1.807, 2.05) is 59.5 Å². The average molecular weight is 505 g/mol. The maximum atomic E-state index is 13.1. The molecule has 2 fully saturated rings. The zero-order valence-corrected chi connectivity index (χ0v) is 20.3. The summed E-state index contributed by atoms with van der Waals surface area (Å²) in [6.45, 7) is 3.55. The molecule has 184 valence electrons. The fourth-order valence-electron chi connectivity index (χ4n) is 4.91. The van der Waals surface area contributed by atoms with Crippen LogP contribution >= 0.6 is 11.6 Å². The minimum atomic E-state index is -0.578. The van der Waals surface area contributed by atoms with E-state index >= 15 is 0 Å². The first kappa shape index (κ1) is 24.0. The maximum absolute atomic E-state index is 13.1. The Bertz CT molecular complexity index is 1290. The molecule has 2 saturated heterocycles. The van der Waals surface area contributed by atoms with Crippen molar-refractivity contribution in [3.8, 4) is 0 Å². The number of anilines is 2. The van der Waals surface area contributed by atoms with Crippen LogP contribution in [0.4, 0.5) is 17.1 Å². The number of amides is 2. The number of nitro groups is 1. The topological polar surface area (TPSA) is 87.0 Å². The lowest BCUT2D eigenvalue weighted by Gasteiger charge is -2.36. The van der Waals surface area contributed by atoms with Gasteiger partial charge in [0.15, 0.2) is 0 Å². The van der Waals surface area contributed by atoms with E-state index in [0.717, 1.165) is 35.7 Å². The van der Waals surface area contributed by atoms with E-state index < -0.39 is 10.8 Å². The predicted molar refractivity (Wildman–Crippen MR) is 138 cm³/mol. The molecular formula is C27H25ClN4O4. The van der Waals surface area contributed by atoms with E-state index in [9.17, 15) is 19.7 Å². The molecule has 2 aliphatic rings.